The number of nitrogen functional groups attached to an aromatic ring is 2. The zero-order valence-corrected chi connectivity index (χ0v) is 15.7. The molecule has 0 aromatic heterocycles. The number of benzene rings is 3. The Hall–Kier alpha value is -3.83. The molecule has 0 amide bonds. The van der Waals surface area contributed by atoms with Gasteiger partial charge >= 0.3 is 0 Å². The summed E-state index contributed by atoms with van der Waals surface area (Å²) in [7, 11) is -4.08. The molecule has 0 aliphatic heterocycles. The molecule has 3 aromatic rings. The average molecular weight is 421 g/mol. The maximum atomic E-state index is 10.5. The van der Waals surface area contributed by atoms with Crippen LogP contribution in [-0.2, 0) is 10.1 Å². The van der Waals surface area contributed by atoms with Crippen molar-refractivity contribution in [2.24, 2.45) is 0 Å². The van der Waals surface area contributed by atoms with Crippen molar-refractivity contribution in [1.29, 1.82) is 0 Å². The van der Waals surface area contributed by atoms with Crippen molar-refractivity contribution in [1.82, 2.24) is 0 Å². The zero-order valence-electron chi connectivity index (χ0n) is 14.9. The average Bonchev–Trinajstić information content (AvgIpc) is 2.62. The van der Waals surface area contributed by atoms with E-state index in [9.17, 15) is 18.5 Å². The van der Waals surface area contributed by atoms with Gasteiger partial charge in [0.25, 0.3) is 15.8 Å². The number of hydrogen-bond acceptors (Lipinski definition) is 8. The van der Waals surface area contributed by atoms with Crippen molar-refractivity contribution >= 4 is 27.2 Å². The van der Waals surface area contributed by atoms with Gasteiger partial charge in [-0.1, -0.05) is 6.07 Å². The molecule has 0 atom stereocenters. The Morgan fingerprint density at radius 1 is 0.793 bits per heavy atom. The molecule has 0 unspecified atom stereocenters. The van der Waals surface area contributed by atoms with E-state index >= 15 is 0 Å². The highest BCUT2D eigenvalue weighted by Gasteiger charge is 2.07. The highest BCUT2D eigenvalue weighted by atomic mass is 32.2. The summed E-state index contributed by atoms with van der Waals surface area (Å²) in [5, 5.41) is 27.4. The first-order valence-electron chi connectivity index (χ1n) is 7.80. The van der Waals surface area contributed by atoms with E-state index in [0.29, 0.717) is 11.4 Å². The van der Waals surface area contributed by atoms with E-state index in [1.807, 2.05) is 0 Å². The molecule has 0 aliphatic rings. The normalized spacial score (nSPS) is 9.97. The minimum atomic E-state index is -4.08. The molecule has 11 heteroatoms. The molecule has 0 saturated heterocycles. The number of anilines is 2. The highest BCUT2D eigenvalue weighted by molar-refractivity contribution is 7.85. The molecule has 29 heavy (non-hydrogen) atoms. The number of nitrogens with zero attached hydrogens (tertiary/aromatic N) is 1. The lowest BCUT2D eigenvalue weighted by Gasteiger charge is -1.95. The van der Waals surface area contributed by atoms with Crippen molar-refractivity contribution in [2.45, 2.75) is 4.90 Å². The van der Waals surface area contributed by atoms with Gasteiger partial charge in [-0.15, -0.1) is 0 Å². The second-order valence-corrected chi connectivity index (χ2v) is 6.83. The number of aromatic hydroxyl groups is 2. The molecule has 0 radical (unpaired) electrons. The number of hydrogen-bond donors (Lipinski definition) is 5. The van der Waals surface area contributed by atoms with E-state index < -0.39 is 15.0 Å². The van der Waals surface area contributed by atoms with Crippen LogP contribution in [0.4, 0.5) is 17.1 Å². The van der Waals surface area contributed by atoms with Crippen LogP contribution in [0.3, 0.4) is 0 Å². The molecular weight excluding hydrogens is 402 g/mol. The van der Waals surface area contributed by atoms with Gasteiger partial charge in [-0.2, -0.15) is 8.42 Å². The molecule has 3 rings (SSSR count). The number of phenols is 2. The van der Waals surface area contributed by atoms with Crippen molar-refractivity contribution in [3.8, 4) is 11.5 Å². The number of nitro groups is 1. The lowest BCUT2D eigenvalue weighted by atomic mass is 10.3. The van der Waals surface area contributed by atoms with E-state index in [2.05, 4.69) is 0 Å². The fourth-order valence-electron chi connectivity index (χ4n) is 1.73. The van der Waals surface area contributed by atoms with Crippen LogP contribution in [0, 0.1) is 10.1 Å². The van der Waals surface area contributed by atoms with Crippen LogP contribution in [0.25, 0.3) is 0 Å². The molecule has 154 valence electrons. The van der Waals surface area contributed by atoms with Gasteiger partial charge in [-0.25, -0.2) is 0 Å². The lowest BCUT2D eigenvalue weighted by Crippen LogP contribution is -1.97. The Labute approximate surface area is 166 Å². The first-order chi connectivity index (χ1) is 13.5. The van der Waals surface area contributed by atoms with E-state index in [1.54, 1.807) is 6.07 Å². The third kappa shape index (κ3) is 9.08. The third-order valence-corrected chi connectivity index (χ3v) is 3.98. The summed E-state index contributed by atoms with van der Waals surface area (Å²) < 4.78 is 29.4. The van der Waals surface area contributed by atoms with Gasteiger partial charge in [-0.3, -0.25) is 14.7 Å². The summed E-state index contributed by atoms with van der Waals surface area (Å²) in [4.78, 5) is 9.47. The number of non-ortho nitro benzene ring substituents is 1. The predicted molar refractivity (Wildman–Crippen MR) is 108 cm³/mol. The Morgan fingerprint density at radius 2 is 1.21 bits per heavy atom. The van der Waals surface area contributed by atoms with Crippen LogP contribution in [0.5, 0.6) is 11.5 Å². The quantitative estimate of drug-likeness (QED) is 0.179. The molecule has 0 saturated carbocycles. The van der Waals surface area contributed by atoms with Crippen LogP contribution in [-0.4, -0.2) is 28.1 Å². The largest absolute Gasteiger partial charge is 0.508 e. The topological polar surface area (TPSA) is 190 Å². The number of phenolic OH excluding ortho intramolecular Hbond substituents is 2. The van der Waals surface area contributed by atoms with Crippen LogP contribution in [0.1, 0.15) is 0 Å². The summed E-state index contributed by atoms with van der Waals surface area (Å²) in [6, 6.07) is 16.9. The van der Waals surface area contributed by atoms with Gasteiger partial charge < -0.3 is 21.7 Å². The van der Waals surface area contributed by atoms with E-state index in [1.165, 1.54) is 66.7 Å². The Morgan fingerprint density at radius 3 is 1.52 bits per heavy atom. The smallest absolute Gasteiger partial charge is 0.294 e. The van der Waals surface area contributed by atoms with E-state index in [0.717, 1.165) is 0 Å². The molecule has 0 spiro atoms. The second kappa shape index (κ2) is 10.5. The monoisotopic (exact) mass is 421 g/mol. The minimum absolute atomic E-state index is 0.0641. The standard InChI is InChI=1S/C6H6N2O2.C6H7NO3S.C6H6O2/c7-5-1-3-6(4-2-5)8(9)10;7-5-1-3-6(4-2-5)11(8,9)10;7-5-2-1-3-6(8)4-5/h1-4H,7H2;1-4H,7H2,(H,8,9,10);1-4,7-8H. The third-order valence-electron chi connectivity index (χ3n) is 3.11. The number of nitro benzene ring substituents is 1. The summed E-state index contributed by atoms with van der Waals surface area (Å²) in [5.41, 5.74) is 11.7. The van der Waals surface area contributed by atoms with E-state index in [-0.39, 0.29) is 22.1 Å². The molecule has 0 heterocycles. The lowest BCUT2D eigenvalue weighted by molar-refractivity contribution is -0.384. The summed E-state index contributed by atoms with van der Waals surface area (Å²) in [5.74, 6) is 0.176. The Bertz CT molecular complexity index is 1020. The summed E-state index contributed by atoms with van der Waals surface area (Å²) in [6.07, 6.45) is 0. The number of rotatable bonds is 2. The predicted octanol–water partition coefficient (Wildman–Crippen LogP) is 2.79. The van der Waals surface area contributed by atoms with Gasteiger partial charge in [0, 0.05) is 29.6 Å². The Kier molecular flexibility index (Phi) is 8.40. The van der Waals surface area contributed by atoms with Gasteiger partial charge in [0.1, 0.15) is 11.5 Å². The van der Waals surface area contributed by atoms with Crippen LogP contribution < -0.4 is 11.5 Å². The molecule has 7 N–H and O–H groups in total. The van der Waals surface area contributed by atoms with Gasteiger partial charge in [-0.05, 0) is 48.5 Å². The fourth-order valence-corrected chi connectivity index (χ4v) is 2.21. The first kappa shape index (κ1) is 23.2. The molecule has 3 aromatic carbocycles. The van der Waals surface area contributed by atoms with Crippen molar-refractivity contribution in [3.63, 3.8) is 0 Å². The molecule has 10 nitrogen and oxygen atoms in total. The molecular formula is C18H19N3O7S. The van der Waals surface area contributed by atoms with Crippen LogP contribution in [0.15, 0.2) is 77.7 Å². The summed E-state index contributed by atoms with van der Waals surface area (Å²) in [6.45, 7) is 0. The highest BCUT2D eigenvalue weighted by Crippen LogP contribution is 2.15. The zero-order chi connectivity index (χ0) is 22.0. The van der Waals surface area contributed by atoms with E-state index in [4.69, 9.17) is 26.2 Å². The maximum Gasteiger partial charge on any atom is 0.294 e. The van der Waals surface area contributed by atoms with Crippen molar-refractivity contribution < 1.29 is 28.1 Å². The Balaban J connectivity index is 0.000000220. The number of nitrogens with two attached hydrogens (primary N) is 2. The molecule has 0 aliphatic carbocycles. The van der Waals surface area contributed by atoms with Gasteiger partial charge in [0.05, 0.1) is 9.82 Å². The minimum Gasteiger partial charge on any atom is -0.508 e. The first-order valence-corrected chi connectivity index (χ1v) is 9.24. The van der Waals surface area contributed by atoms with Crippen molar-refractivity contribution in [3.05, 3.63) is 82.9 Å². The van der Waals surface area contributed by atoms with Crippen LogP contribution in [0.2, 0.25) is 0 Å². The molecule has 0 fully saturated rings. The fraction of sp³-hybridized carbons (Fsp3) is 0. The van der Waals surface area contributed by atoms with Crippen molar-refractivity contribution in [2.75, 3.05) is 11.5 Å². The van der Waals surface area contributed by atoms with Gasteiger partial charge in [0.2, 0.25) is 0 Å². The van der Waals surface area contributed by atoms with Crippen LogP contribution >= 0.6 is 0 Å². The SMILES string of the molecule is Nc1ccc(S(=O)(=O)O)cc1.Nc1ccc([N+](=O)[O-])cc1.Oc1cccc(O)c1. The summed E-state index contributed by atoms with van der Waals surface area (Å²) >= 11 is 0. The molecule has 0 bridgehead atoms. The second-order valence-electron chi connectivity index (χ2n) is 5.41. The van der Waals surface area contributed by atoms with Gasteiger partial charge in [0.15, 0.2) is 0 Å². The maximum absolute atomic E-state index is 10.5.